The van der Waals surface area contributed by atoms with E-state index in [-0.39, 0.29) is 29.6 Å². The van der Waals surface area contributed by atoms with Crippen LogP contribution in [-0.4, -0.2) is 5.11 Å². The van der Waals surface area contributed by atoms with Gasteiger partial charge in [0.2, 0.25) is 0 Å². The Hall–Kier alpha value is 0.0200. The van der Waals surface area contributed by atoms with E-state index in [4.69, 9.17) is 5.11 Å². The van der Waals surface area contributed by atoms with Gasteiger partial charge in [-0.2, -0.15) is 18.2 Å². The molecule has 0 spiro atoms. The molecule has 36 valence electrons. The summed E-state index contributed by atoms with van der Waals surface area (Å²) in [6.07, 6.45) is 0. The van der Waals surface area contributed by atoms with Crippen LogP contribution in [0.2, 0.25) is 0 Å². The summed E-state index contributed by atoms with van der Waals surface area (Å²) in [6, 6.07) is 9.26. The molecule has 1 nitrogen and oxygen atoms in total. The first-order valence-corrected chi connectivity index (χ1v) is 2.04. The van der Waals surface area contributed by atoms with Crippen LogP contribution in [0.4, 0.5) is 0 Å². The minimum Gasteiger partial charge on any atom is -0.533 e. The molecule has 0 atom stereocenters. The van der Waals surface area contributed by atoms with Gasteiger partial charge in [0, 0.05) is 5.75 Å². The van der Waals surface area contributed by atoms with Gasteiger partial charge in [0.25, 0.3) is 0 Å². The van der Waals surface area contributed by atoms with Gasteiger partial charge >= 0.3 is 29.6 Å². The monoisotopic (exact) mass is 116 g/mol. The molecule has 0 aliphatic heterocycles. The number of hydrogen-bond donors (Lipinski definition) is 1. The quantitative estimate of drug-likeness (QED) is 0.313. The second-order valence-electron chi connectivity index (χ2n) is 1.26. The van der Waals surface area contributed by atoms with Crippen LogP contribution in [0.1, 0.15) is 0 Å². The van der Waals surface area contributed by atoms with Gasteiger partial charge in [0.15, 0.2) is 0 Å². The molecular formula is C6H5NaO. The third kappa shape index (κ3) is 2.36. The summed E-state index contributed by atoms with van der Waals surface area (Å²) in [4.78, 5) is 0. The molecule has 1 N–H and O–H groups in total. The molecule has 0 heterocycles. The molecule has 0 unspecified atom stereocenters. The number of hydrogen-bond acceptors (Lipinski definition) is 1. The maximum Gasteiger partial charge on any atom is 1.00 e. The van der Waals surface area contributed by atoms with Gasteiger partial charge < -0.3 is 5.11 Å². The zero-order valence-corrected chi connectivity index (χ0v) is 6.76. The smallest absolute Gasteiger partial charge is 0.533 e. The molecule has 1 rings (SSSR count). The van der Waals surface area contributed by atoms with Crippen molar-refractivity contribution in [3.05, 3.63) is 30.3 Å². The van der Waals surface area contributed by atoms with Crippen LogP contribution in [0.3, 0.4) is 0 Å². The van der Waals surface area contributed by atoms with Crippen LogP contribution in [0.25, 0.3) is 0 Å². The van der Waals surface area contributed by atoms with E-state index in [9.17, 15) is 0 Å². The molecule has 1 aromatic carbocycles. The van der Waals surface area contributed by atoms with Gasteiger partial charge in [-0.25, -0.2) is 0 Å². The summed E-state index contributed by atoms with van der Waals surface area (Å²) >= 11 is 0. The molecule has 0 saturated carbocycles. The zero-order valence-electron chi connectivity index (χ0n) is 4.76. The summed E-state index contributed by atoms with van der Waals surface area (Å²) in [5.41, 5.74) is 0. The Morgan fingerprint density at radius 3 is 2.00 bits per heavy atom. The van der Waals surface area contributed by atoms with Crippen molar-refractivity contribution in [2.75, 3.05) is 0 Å². The summed E-state index contributed by atoms with van der Waals surface area (Å²) < 4.78 is 0. The summed E-state index contributed by atoms with van der Waals surface area (Å²) in [7, 11) is 0. The standard InChI is InChI=1S/C6H5O.Na/c7-6-4-2-1-3-5-6;/h2-5,7H;/q-1;+1. The topological polar surface area (TPSA) is 20.2 Å². The van der Waals surface area contributed by atoms with E-state index in [0.717, 1.165) is 0 Å². The molecule has 1 aromatic rings. The van der Waals surface area contributed by atoms with E-state index in [1.54, 1.807) is 24.3 Å². The predicted molar refractivity (Wildman–Crippen MR) is 26.9 cm³/mol. The van der Waals surface area contributed by atoms with E-state index in [1.807, 2.05) is 0 Å². The van der Waals surface area contributed by atoms with Crippen LogP contribution >= 0.6 is 0 Å². The number of phenolic OH excluding ortho intramolecular Hbond substituents is 1. The van der Waals surface area contributed by atoms with Crippen LogP contribution < -0.4 is 29.6 Å². The SMILES string of the molecule is Oc1cc[c-]cc1.[Na+]. The summed E-state index contributed by atoms with van der Waals surface area (Å²) in [5.74, 6) is 0.291. The first-order chi connectivity index (χ1) is 3.39. The molecule has 0 bridgehead atoms. The third-order valence-electron chi connectivity index (χ3n) is 0.701. The molecule has 8 heavy (non-hydrogen) atoms. The van der Waals surface area contributed by atoms with E-state index in [0.29, 0.717) is 5.75 Å². The van der Waals surface area contributed by atoms with Gasteiger partial charge in [-0.15, -0.1) is 12.1 Å². The van der Waals surface area contributed by atoms with Gasteiger partial charge in [0.1, 0.15) is 0 Å². The van der Waals surface area contributed by atoms with Gasteiger partial charge in [-0.05, 0) is 0 Å². The van der Waals surface area contributed by atoms with Gasteiger partial charge in [-0.3, -0.25) is 0 Å². The summed E-state index contributed by atoms with van der Waals surface area (Å²) in [5, 5.41) is 8.61. The Morgan fingerprint density at radius 2 is 1.75 bits per heavy atom. The van der Waals surface area contributed by atoms with Crippen molar-refractivity contribution >= 4 is 0 Å². The maximum absolute atomic E-state index is 8.61. The van der Waals surface area contributed by atoms with E-state index >= 15 is 0 Å². The van der Waals surface area contributed by atoms with E-state index in [1.165, 1.54) is 0 Å². The maximum atomic E-state index is 8.61. The molecule has 2 heteroatoms. The van der Waals surface area contributed by atoms with Crippen LogP contribution in [0.5, 0.6) is 5.75 Å². The minimum absolute atomic E-state index is 0. The Kier molecular flexibility index (Phi) is 3.97. The van der Waals surface area contributed by atoms with Crippen molar-refractivity contribution in [2.45, 2.75) is 0 Å². The fourth-order valence-corrected chi connectivity index (χ4v) is 0.378. The molecule has 0 fully saturated rings. The molecule has 0 saturated heterocycles. The van der Waals surface area contributed by atoms with Crippen molar-refractivity contribution in [1.29, 1.82) is 0 Å². The van der Waals surface area contributed by atoms with Crippen molar-refractivity contribution in [3.63, 3.8) is 0 Å². The van der Waals surface area contributed by atoms with Crippen molar-refractivity contribution < 1.29 is 34.7 Å². The summed E-state index contributed by atoms with van der Waals surface area (Å²) in [6.45, 7) is 0. The molecule has 0 amide bonds. The zero-order chi connectivity index (χ0) is 5.11. The second kappa shape index (κ2) is 3.96. The van der Waals surface area contributed by atoms with Crippen LogP contribution in [0.15, 0.2) is 24.3 Å². The molecule has 0 radical (unpaired) electrons. The first-order valence-electron chi connectivity index (χ1n) is 2.04. The molecule has 0 aromatic heterocycles. The van der Waals surface area contributed by atoms with Crippen molar-refractivity contribution in [2.24, 2.45) is 0 Å². The second-order valence-corrected chi connectivity index (χ2v) is 1.26. The van der Waals surface area contributed by atoms with Crippen molar-refractivity contribution in [3.8, 4) is 5.75 Å². The van der Waals surface area contributed by atoms with Crippen molar-refractivity contribution in [1.82, 2.24) is 0 Å². The Labute approximate surface area is 70.6 Å². The average Bonchev–Trinajstić information content (AvgIpc) is 1.69. The molecule has 0 aliphatic carbocycles. The largest absolute Gasteiger partial charge is 1.00 e. The van der Waals surface area contributed by atoms with Crippen LogP contribution in [-0.2, 0) is 0 Å². The number of rotatable bonds is 0. The first kappa shape index (κ1) is 8.02. The van der Waals surface area contributed by atoms with Gasteiger partial charge in [0.05, 0.1) is 0 Å². The average molecular weight is 116 g/mol. The van der Waals surface area contributed by atoms with E-state index < -0.39 is 0 Å². The molecular weight excluding hydrogens is 111 g/mol. The number of benzene rings is 1. The fraction of sp³-hybridized carbons (Fsp3) is 0. The Bertz CT molecular complexity index is 138. The minimum atomic E-state index is 0. The number of phenols is 1. The van der Waals surface area contributed by atoms with E-state index in [2.05, 4.69) is 6.07 Å². The van der Waals surface area contributed by atoms with Crippen LogP contribution in [0, 0.1) is 6.07 Å². The molecule has 0 aliphatic rings. The fourth-order valence-electron chi connectivity index (χ4n) is 0.378. The predicted octanol–water partition coefficient (Wildman–Crippen LogP) is -1.80. The Morgan fingerprint density at radius 1 is 1.25 bits per heavy atom. The Balaban J connectivity index is 0.000000490. The number of aromatic hydroxyl groups is 1. The third-order valence-corrected chi connectivity index (χ3v) is 0.701. The van der Waals surface area contributed by atoms with Gasteiger partial charge in [-0.1, -0.05) is 0 Å². The normalized spacial score (nSPS) is 7.50.